The van der Waals surface area contributed by atoms with Crippen LogP contribution in [-0.4, -0.2) is 112 Å². The highest BCUT2D eigenvalue weighted by Crippen LogP contribution is 2.54. The third kappa shape index (κ3) is 8.07. The van der Waals surface area contributed by atoms with Crippen LogP contribution in [0.3, 0.4) is 0 Å². The van der Waals surface area contributed by atoms with Crippen molar-refractivity contribution in [1.29, 1.82) is 0 Å². The largest absolute Gasteiger partial charge is 0.417 e. The van der Waals surface area contributed by atoms with Crippen LogP contribution in [0.2, 0.25) is 18.1 Å². The summed E-state index contributed by atoms with van der Waals surface area (Å²) < 4.78 is 61.6. The van der Waals surface area contributed by atoms with E-state index in [1.807, 2.05) is 0 Å². The van der Waals surface area contributed by atoms with Gasteiger partial charge in [0.05, 0.1) is 54.9 Å². The first kappa shape index (κ1) is 42.3. The van der Waals surface area contributed by atoms with Crippen molar-refractivity contribution in [3.8, 4) is 0 Å². The summed E-state index contributed by atoms with van der Waals surface area (Å²) in [4.78, 5) is 14.3. The lowest BCUT2D eigenvalue weighted by Gasteiger charge is -2.47. The van der Waals surface area contributed by atoms with Gasteiger partial charge in [-0.05, 0) is 104 Å². The Morgan fingerprint density at radius 1 is 0.759 bits per heavy atom. The van der Waals surface area contributed by atoms with E-state index in [0.29, 0.717) is 31.1 Å². The van der Waals surface area contributed by atoms with Crippen LogP contribution in [0.5, 0.6) is 0 Å². The van der Waals surface area contributed by atoms with Crippen LogP contribution in [0.25, 0.3) is 0 Å². The Morgan fingerprint density at radius 2 is 1.47 bits per heavy atom. The second-order valence-electron chi connectivity index (χ2n) is 21.9. The van der Waals surface area contributed by atoms with Gasteiger partial charge >= 0.3 is 0 Å². The molecular formula is C47H74O10Si. The topological polar surface area (TPSA) is 100 Å². The van der Waals surface area contributed by atoms with E-state index in [1.165, 1.54) is 5.57 Å². The summed E-state index contributed by atoms with van der Waals surface area (Å²) in [7, 11) is -1.88. The Balaban J connectivity index is 0.953. The van der Waals surface area contributed by atoms with E-state index in [9.17, 15) is 4.79 Å². The van der Waals surface area contributed by atoms with Crippen molar-refractivity contribution in [3.05, 3.63) is 24.3 Å². The molecule has 10 saturated heterocycles. The molecule has 0 aromatic rings. The molecule has 3 unspecified atom stereocenters. The first-order valence-corrected chi connectivity index (χ1v) is 26.2. The molecule has 10 aliphatic rings. The van der Waals surface area contributed by atoms with Crippen LogP contribution in [0.15, 0.2) is 24.3 Å². The van der Waals surface area contributed by atoms with Crippen molar-refractivity contribution in [3.63, 3.8) is 0 Å². The molecular weight excluding hydrogens is 753 g/mol. The quantitative estimate of drug-likeness (QED) is 0.199. The van der Waals surface area contributed by atoms with Crippen molar-refractivity contribution in [2.24, 2.45) is 23.7 Å². The Hall–Kier alpha value is -0.993. The zero-order chi connectivity index (χ0) is 40.9. The van der Waals surface area contributed by atoms with E-state index in [1.54, 1.807) is 0 Å². The van der Waals surface area contributed by atoms with E-state index in [2.05, 4.69) is 67.8 Å². The van der Waals surface area contributed by atoms with E-state index in [0.717, 1.165) is 76.4 Å². The third-order valence-electron chi connectivity index (χ3n) is 16.6. The van der Waals surface area contributed by atoms with Crippen molar-refractivity contribution in [1.82, 2.24) is 0 Å². The summed E-state index contributed by atoms with van der Waals surface area (Å²) in [6, 6.07) is 0. The van der Waals surface area contributed by atoms with Crippen LogP contribution in [0.1, 0.15) is 125 Å². The summed E-state index contributed by atoms with van der Waals surface area (Å²) in [5, 5.41) is 0.162. The second-order valence-corrected chi connectivity index (χ2v) is 26.7. The van der Waals surface area contributed by atoms with Crippen molar-refractivity contribution in [2.45, 2.75) is 234 Å². The number of hydrogen-bond donors (Lipinski definition) is 0. The van der Waals surface area contributed by atoms with Crippen LogP contribution in [0, 0.1) is 23.7 Å². The molecule has 10 fully saturated rings. The van der Waals surface area contributed by atoms with Gasteiger partial charge in [0.2, 0.25) is 0 Å². The van der Waals surface area contributed by atoms with Crippen molar-refractivity contribution < 1.29 is 47.1 Å². The van der Waals surface area contributed by atoms with Crippen LogP contribution < -0.4 is 0 Å². The van der Waals surface area contributed by atoms with Crippen LogP contribution in [0.4, 0.5) is 0 Å². The van der Waals surface area contributed by atoms with E-state index in [4.69, 9.17) is 42.3 Å². The molecule has 10 nitrogen and oxygen atoms in total. The fourth-order valence-corrected chi connectivity index (χ4v) is 13.1. The number of ketones is 1. The predicted molar refractivity (Wildman–Crippen MR) is 222 cm³/mol. The fourth-order valence-electron chi connectivity index (χ4n) is 11.9. The van der Waals surface area contributed by atoms with Crippen molar-refractivity contribution >= 4 is 14.1 Å². The highest BCUT2D eigenvalue weighted by atomic mass is 28.4. The lowest BCUT2D eigenvalue weighted by molar-refractivity contribution is -0.292. The van der Waals surface area contributed by atoms with E-state index < -0.39 is 14.1 Å². The highest BCUT2D eigenvalue weighted by molar-refractivity contribution is 6.74. The summed E-state index contributed by atoms with van der Waals surface area (Å²) in [6.07, 6.45) is 8.52. The normalized spacial score (nSPS) is 48.8. The monoisotopic (exact) mass is 827 g/mol. The zero-order valence-electron chi connectivity index (χ0n) is 36.8. The first-order valence-electron chi connectivity index (χ1n) is 23.3. The summed E-state index contributed by atoms with van der Waals surface area (Å²) in [5.41, 5.74) is 2.32. The Kier molecular flexibility index (Phi) is 11.7. The molecule has 326 valence electrons. The standard InChI is InChI=1S/C47H74O10Si/c1-25(24-49-58(9,10)46(6,7)8)17-37-29(5)34-21-30(48)20-32-12-14-36-41(52-32)45-44-43(54-36)42-40(55-44)23-47(56-42,57-45)16-15-33-19-27(3)35(50-33)13-11-31-18-26(2)28(4)38(51-31)22-39(34)53-37/h25-26,29,31-45H,3-4,11-24H2,1-2,5-10H3/t25-,26+,29+,31?,32+,33?,34+,35-,36-,37+,38+,39?,40+,41-,42-,43-,44+,45-,47-/m0/s1. The minimum atomic E-state index is -1.88. The number of carbonyl (C=O) groups is 1. The second kappa shape index (κ2) is 16.0. The van der Waals surface area contributed by atoms with Gasteiger partial charge in [-0.1, -0.05) is 54.7 Å². The molecule has 1 spiro atoms. The molecule has 0 N–H and O–H groups in total. The highest BCUT2D eigenvalue weighted by Gasteiger charge is 2.68. The lowest BCUT2D eigenvalue weighted by atomic mass is 9.78. The number of rotatable bonds is 5. The molecule has 10 rings (SSSR count). The van der Waals surface area contributed by atoms with Gasteiger partial charge in [-0.15, -0.1) is 0 Å². The molecule has 0 aromatic heterocycles. The summed E-state index contributed by atoms with van der Waals surface area (Å²) in [6.45, 7) is 28.2. The number of hydrogen-bond acceptors (Lipinski definition) is 10. The molecule has 0 amide bonds. The van der Waals surface area contributed by atoms with E-state index >= 15 is 0 Å². The average Bonchev–Trinajstić information content (AvgIpc) is 3.82. The molecule has 0 radical (unpaired) electrons. The van der Waals surface area contributed by atoms with Gasteiger partial charge in [0.25, 0.3) is 0 Å². The Labute approximate surface area is 349 Å². The predicted octanol–water partition coefficient (Wildman–Crippen LogP) is 8.40. The van der Waals surface area contributed by atoms with Gasteiger partial charge in [-0.2, -0.15) is 0 Å². The summed E-state index contributed by atoms with van der Waals surface area (Å²) in [5.74, 6) is 0.467. The molecule has 0 aliphatic carbocycles. The fraction of sp³-hybridized carbons (Fsp3) is 0.894. The molecule has 58 heavy (non-hydrogen) atoms. The molecule has 12 bridgehead atoms. The average molecular weight is 827 g/mol. The number of Topliss-reactive ketones (excluding diaryl/α,β-unsaturated/α-hetero) is 1. The maximum atomic E-state index is 14.3. The molecule has 11 heteroatoms. The molecule has 0 saturated carbocycles. The number of fused-ring (bicyclic) bond motifs is 6. The molecule has 0 aromatic carbocycles. The molecule has 10 heterocycles. The van der Waals surface area contributed by atoms with Gasteiger partial charge in [-0.25, -0.2) is 0 Å². The zero-order valence-corrected chi connectivity index (χ0v) is 37.8. The minimum absolute atomic E-state index is 0.0185. The number of ether oxygens (including phenoxy) is 8. The first-order chi connectivity index (χ1) is 27.5. The van der Waals surface area contributed by atoms with Crippen LogP contribution in [-0.2, 0) is 47.1 Å². The van der Waals surface area contributed by atoms with E-state index in [-0.39, 0.29) is 108 Å². The lowest BCUT2D eigenvalue weighted by Crippen LogP contribution is -2.61. The Bertz CT molecular complexity index is 1560. The summed E-state index contributed by atoms with van der Waals surface area (Å²) >= 11 is 0. The molecule has 10 aliphatic heterocycles. The van der Waals surface area contributed by atoms with Gasteiger partial charge in [0.1, 0.15) is 36.3 Å². The maximum absolute atomic E-state index is 14.3. The van der Waals surface area contributed by atoms with Crippen molar-refractivity contribution in [2.75, 3.05) is 6.61 Å². The smallest absolute Gasteiger partial charge is 0.191 e. The maximum Gasteiger partial charge on any atom is 0.191 e. The number of carbonyl (C=O) groups excluding carboxylic acids is 1. The minimum Gasteiger partial charge on any atom is -0.417 e. The van der Waals surface area contributed by atoms with Crippen LogP contribution >= 0.6 is 0 Å². The van der Waals surface area contributed by atoms with Gasteiger partial charge < -0.3 is 42.3 Å². The van der Waals surface area contributed by atoms with Gasteiger partial charge in [0, 0.05) is 38.7 Å². The molecule has 19 atom stereocenters. The SMILES string of the molecule is C=C1CC2CC[C@@]34C[C@H]5O[C@H]6[C@@H](O3)[C@H]3O[C@H](CC[C@@H]3O[C@H]6[C@H]5O4)CC(=O)C[C@H]3C(C[C@H]4OC(CC[C@@H]1O2)C[C@@H](C)C4=C)O[C@H](C[C@H](C)CO[Si](C)(C)C(C)(C)C)[C@@H]3C. The third-order valence-corrected chi connectivity index (χ3v) is 21.1. The Morgan fingerprint density at radius 3 is 2.26 bits per heavy atom. The van der Waals surface area contributed by atoms with Gasteiger partial charge in [-0.3, -0.25) is 4.79 Å². The van der Waals surface area contributed by atoms with Gasteiger partial charge in [0.15, 0.2) is 14.1 Å².